The predicted octanol–water partition coefficient (Wildman–Crippen LogP) is 2.48. The number of aliphatic imine (C=N–C) groups is 1. The summed E-state index contributed by atoms with van der Waals surface area (Å²) in [5, 5.41) is 3.80. The van der Waals surface area contributed by atoms with Crippen LogP contribution in [0, 0.1) is 5.92 Å². The summed E-state index contributed by atoms with van der Waals surface area (Å²) >= 11 is 0. The van der Waals surface area contributed by atoms with Crippen LogP contribution in [0.25, 0.3) is 17.1 Å². The maximum Gasteiger partial charge on any atom is 0.275 e. The van der Waals surface area contributed by atoms with Gasteiger partial charge in [-0.1, -0.05) is 13.8 Å². The van der Waals surface area contributed by atoms with E-state index < -0.39 is 0 Å². The zero-order chi connectivity index (χ0) is 14.1. The molecule has 3 rings (SSSR count). The first-order valence-electron chi connectivity index (χ1n) is 6.66. The Bertz CT molecular complexity index is 724. The third-order valence-corrected chi connectivity index (χ3v) is 3.12. The number of nitrogens with one attached hydrogen (secondary N) is 2. The third kappa shape index (κ3) is 2.34. The molecule has 0 saturated heterocycles. The highest BCUT2D eigenvalue weighted by Gasteiger charge is 2.20. The third-order valence-electron chi connectivity index (χ3n) is 3.12. The van der Waals surface area contributed by atoms with E-state index in [1.165, 1.54) is 0 Å². The number of H-pyrrole nitrogens is 1. The van der Waals surface area contributed by atoms with Gasteiger partial charge in [0.15, 0.2) is 0 Å². The van der Waals surface area contributed by atoms with Crippen LogP contribution in [-0.4, -0.2) is 21.7 Å². The summed E-state index contributed by atoms with van der Waals surface area (Å²) in [4.78, 5) is 23.6. The lowest BCUT2D eigenvalue weighted by Crippen LogP contribution is -2.24. The lowest BCUT2D eigenvalue weighted by molar-refractivity contribution is -0.115. The molecule has 1 aliphatic rings. The molecule has 20 heavy (non-hydrogen) atoms. The second-order valence-corrected chi connectivity index (χ2v) is 5.28. The molecule has 5 nitrogen and oxygen atoms in total. The van der Waals surface area contributed by atoms with E-state index in [4.69, 9.17) is 0 Å². The molecule has 0 atom stereocenters. The Morgan fingerprint density at radius 3 is 3.05 bits per heavy atom. The number of carbonyl (C=O) groups is 1. The topological polar surface area (TPSA) is 70.1 Å². The van der Waals surface area contributed by atoms with Gasteiger partial charge in [-0.05, 0) is 24.1 Å². The molecule has 0 fully saturated rings. The Hall–Kier alpha value is -2.43. The second kappa shape index (κ2) is 4.92. The van der Waals surface area contributed by atoms with Gasteiger partial charge in [-0.3, -0.25) is 4.79 Å². The molecule has 0 aromatic carbocycles. The molecule has 3 heterocycles. The largest absolute Gasteiger partial charge is 0.346 e. The van der Waals surface area contributed by atoms with Gasteiger partial charge in [0.25, 0.3) is 5.91 Å². The summed E-state index contributed by atoms with van der Waals surface area (Å²) in [6.07, 6.45) is 6.15. The van der Waals surface area contributed by atoms with Gasteiger partial charge < -0.3 is 10.3 Å². The first-order chi connectivity index (χ1) is 9.63. The number of aromatic amines is 1. The zero-order valence-electron chi connectivity index (χ0n) is 11.5. The molecule has 102 valence electrons. The summed E-state index contributed by atoms with van der Waals surface area (Å²) in [5.74, 6) is 1.07. The fourth-order valence-corrected chi connectivity index (χ4v) is 2.24. The van der Waals surface area contributed by atoms with Crippen LogP contribution >= 0.6 is 0 Å². The van der Waals surface area contributed by atoms with Gasteiger partial charge in [0.2, 0.25) is 0 Å². The molecule has 1 aliphatic heterocycles. The van der Waals surface area contributed by atoms with Crippen LogP contribution in [0.3, 0.4) is 0 Å². The van der Waals surface area contributed by atoms with Crippen molar-refractivity contribution in [2.75, 3.05) is 0 Å². The Morgan fingerprint density at radius 1 is 1.40 bits per heavy atom. The molecule has 2 aromatic heterocycles. The van der Waals surface area contributed by atoms with E-state index in [0.29, 0.717) is 11.6 Å². The van der Waals surface area contributed by atoms with Crippen LogP contribution < -0.4 is 5.32 Å². The first-order valence-corrected chi connectivity index (χ1v) is 6.66. The van der Waals surface area contributed by atoms with Crippen molar-refractivity contribution in [2.24, 2.45) is 10.9 Å². The standard InChI is InChI=1S/C15H16N4O/c1-9(2)6-13-18-12(15(20)19-13)7-10-8-17-14-11(10)4-3-5-16-14/h3-5,7-9H,6H2,1-2H3,(H,16,17)(H,18,19,20)/b12-7-. The van der Waals surface area contributed by atoms with Crippen LogP contribution in [0.4, 0.5) is 0 Å². The fourth-order valence-electron chi connectivity index (χ4n) is 2.24. The van der Waals surface area contributed by atoms with Crippen LogP contribution in [0.15, 0.2) is 35.2 Å². The minimum absolute atomic E-state index is 0.140. The molecule has 1 amide bonds. The number of pyridine rings is 1. The Labute approximate surface area is 116 Å². The Kier molecular flexibility index (Phi) is 3.10. The molecule has 2 N–H and O–H groups in total. The van der Waals surface area contributed by atoms with Gasteiger partial charge in [-0.25, -0.2) is 9.98 Å². The smallest absolute Gasteiger partial charge is 0.275 e. The van der Waals surface area contributed by atoms with Gasteiger partial charge >= 0.3 is 0 Å². The Morgan fingerprint density at radius 2 is 2.25 bits per heavy atom. The number of hydrogen-bond donors (Lipinski definition) is 2. The quantitative estimate of drug-likeness (QED) is 0.839. The van der Waals surface area contributed by atoms with Crippen LogP contribution in [-0.2, 0) is 4.79 Å². The average Bonchev–Trinajstić information content (AvgIpc) is 2.95. The van der Waals surface area contributed by atoms with Crippen molar-refractivity contribution < 1.29 is 4.79 Å². The van der Waals surface area contributed by atoms with Crippen molar-refractivity contribution >= 4 is 28.9 Å². The average molecular weight is 268 g/mol. The van der Waals surface area contributed by atoms with E-state index >= 15 is 0 Å². The summed E-state index contributed by atoms with van der Waals surface area (Å²) < 4.78 is 0. The summed E-state index contributed by atoms with van der Waals surface area (Å²) in [7, 11) is 0. The second-order valence-electron chi connectivity index (χ2n) is 5.28. The molecule has 0 bridgehead atoms. The number of amides is 1. The number of aromatic nitrogens is 2. The molecular formula is C15H16N4O. The van der Waals surface area contributed by atoms with E-state index in [0.717, 1.165) is 28.9 Å². The Balaban J connectivity index is 1.95. The van der Waals surface area contributed by atoms with Crippen LogP contribution in [0.5, 0.6) is 0 Å². The number of amidine groups is 1. The number of nitrogens with zero attached hydrogens (tertiary/aromatic N) is 2. The van der Waals surface area contributed by atoms with Gasteiger partial charge in [0.05, 0.1) is 0 Å². The summed E-state index contributed by atoms with van der Waals surface area (Å²) in [5.41, 5.74) is 2.18. The van der Waals surface area contributed by atoms with Crippen molar-refractivity contribution in [1.29, 1.82) is 0 Å². The van der Waals surface area contributed by atoms with Crippen molar-refractivity contribution in [1.82, 2.24) is 15.3 Å². The van der Waals surface area contributed by atoms with Gasteiger partial charge in [-0.2, -0.15) is 0 Å². The predicted molar refractivity (Wildman–Crippen MR) is 79.1 cm³/mol. The van der Waals surface area contributed by atoms with Crippen LogP contribution in [0.2, 0.25) is 0 Å². The monoisotopic (exact) mass is 268 g/mol. The maximum atomic E-state index is 11.9. The number of rotatable bonds is 3. The molecule has 5 heteroatoms. The van der Waals surface area contributed by atoms with Crippen molar-refractivity contribution in [2.45, 2.75) is 20.3 Å². The zero-order valence-corrected chi connectivity index (χ0v) is 11.5. The van der Waals surface area contributed by atoms with Gasteiger partial charge in [-0.15, -0.1) is 0 Å². The highest BCUT2D eigenvalue weighted by molar-refractivity contribution is 6.14. The van der Waals surface area contributed by atoms with E-state index in [1.54, 1.807) is 12.3 Å². The molecule has 2 aromatic rings. The summed E-state index contributed by atoms with van der Waals surface area (Å²) in [6, 6.07) is 3.84. The SMILES string of the molecule is CC(C)CC1=N/C(=C\c2c[nH]c3ncccc23)C(=O)N1. The molecule has 0 saturated carbocycles. The minimum Gasteiger partial charge on any atom is -0.346 e. The van der Waals surface area contributed by atoms with Crippen molar-refractivity contribution in [3.63, 3.8) is 0 Å². The summed E-state index contributed by atoms with van der Waals surface area (Å²) in [6.45, 7) is 4.20. The van der Waals surface area contributed by atoms with Crippen LogP contribution in [0.1, 0.15) is 25.8 Å². The lowest BCUT2D eigenvalue weighted by atomic mass is 10.1. The first kappa shape index (κ1) is 12.6. The van der Waals surface area contributed by atoms with E-state index in [1.807, 2.05) is 18.3 Å². The fraction of sp³-hybridized carbons (Fsp3) is 0.267. The van der Waals surface area contributed by atoms with Crippen molar-refractivity contribution in [3.8, 4) is 0 Å². The number of hydrogen-bond acceptors (Lipinski definition) is 3. The molecule has 0 unspecified atom stereocenters. The normalized spacial score (nSPS) is 17.1. The minimum atomic E-state index is -0.140. The molecule has 0 aliphatic carbocycles. The van der Waals surface area contributed by atoms with E-state index in [-0.39, 0.29) is 5.91 Å². The maximum absolute atomic E-state index is 11.9. The van der Waals surface area contributed by atoms with Gasteiger partial charge in [0, 0.05) is 29.8 Å². The van der Waals surface area contributed by atoms with E-state index in [9.17, 15) is 4.79 Å². The van der Waals surface area contributed by atoms with Crippen molar-refractivity contribution in [3.05, 3.63) is 35.8 Å². The van der Waals surface area contributed by atoms with E-state index in [2.05, 4.69) is 34.1 Å². The number of fused-ring (bicyclic) bond motifs is 1. The molecular weight excluding hydrogens is 252 g/mol. The lowest BCUT2D eigenvalue weighted by Gasteiger charge is -2.02. The highest BCUT2D eigenvalue weighted by atomic mass is 16.2. The molecule has 0 spiro atoms. The van der Waals surface area contributed by atoms with Gasteiger partial charge in [0.1, 0.15) is 17.2 Å². The molecule has 0 radical (unpaired) electrons. The number of carbonyl (C=O) groups excluding carboxylic acids is 1. The highest BCUT2D eigenvalue weighted by Crippen LogP contribution is 2.21.